The normalized spacial score (nSPS) is 27.4. The van der Waals surface area contributed by atoms with E-state index in [1.807, 2.05) is 12.4 Å². The van der Waals surface area contributed by atoms with Gasteiger partial charge < -0.3 is 10.2 Å². The van der Waals surface area contributed by atoms with Gasteiger partial charge in [0.1, 0.15) is 0 Å². The summed E-state index contributed by atoms with van der Waals surface area (Å²) in [4.78, 5) is 18.8. The molecule has 1 N–H and O–H groups in total. The maximum Gasteiger partial charge on any atom is 0.223 e. The van der Waals surface area contributed by atoms with Crippen LogP contribution in [0.5, 0.6) is 0 Å². The lowest BCUT2D eigenvalue weighted by molar-refractivity contribution is -0.126. The van der Waals surface area contributed by atoms with Crippen molar-refractivity contribution < 1.29 is 4.79 Å². The van der Waals surface area contributed by atoms with Crippen LogP contribution in [0.3, 0.4) is 0 Å². The predicted octanol–water partition coefficient (Wildman–Crippen LogP) is 2.18. The monoisotopic (exact) mass is 275 g/mol. The quantitative estimate of drug-likeness (QED) is 0.854. The van der Waals surface area contributed by atoms with Crippen LogP contribution in [0.25, 0.3) is 0 Å². The Kier molecular flexibility index (Phi) is 4.08. The van der Waals surface area contributed by atoms with Crippen molar-refractivity contribution in [3.05, 3.63) is 11.9 Å². The largest absolute Gasteiger partial charge is 0.374 e. The molecule has 0 bridgehead atoms. The minimum absolute atomic E-state index is 0.218. The molecular weight excluding hydrogens is 250 g/mol. The highest BCUT2D eigenvalue weighted by molar-refractivity contribution is 5.78. The van der Waals surface area contributed by atoms with E-state index >= 15 is 0 Å². The zero-order valence-electron chi connectivity index (χ0n) is 12.3. The molecule has 1 saturated carbocycles. The van der Waals surface area contributed by atoms with Crippen LogP contribution in [0.15, 0.2) is 16.9 Å². The second kappa shape index (κ2) is 5.98. The van der Waals surface area contributed by atoms with Crippen molar-refractivity contribution in [2.45, 2.75) is 39.0 Å². The molecule has 0 spiro atoms. The Labute approximate surface area is 121 Å². The topological polar surface area (TPSA) is 44.7 Å². The number of carbonyl (C=O) groups is 1. The number of aliphatic imine (C=N–C) groups is 1. The van der Waals surface area contributed by atoms with Gasteiger partial charge in [0.15, 0.2) is 0 Å². The minimum atomic E-state index is 0.218. The molecule has 1 saturated heterocycles. The molecule has 4 heteroatoms. The number of rotatable bonds is 4. The van der Waals surface area contributed by atoms with Crippen LogP contribution in [-0.2, 0) is 4.79 Å². The highest BCUT2D eigenvalue weighted by Gasteiger charge is 2.28. The van der Waals surface area contributed by atoms with Crippen molar-refractivity contribution in [2.24, 2.45) is 22.7 Å². The van der Waals surface area contributed by atoms with Crippen LogP contribution in [0.1, 0.15) is 39.0 Å². The number of allylic oxidation sites excluding steroid dienone is 1. The molecule has 2 heterocycles. The number of nitrogens with one attached hydrogen (secondary N) is 1. The van der Waals surface area contributed by atoms with Gasteiger partial charge in [0.25, 0.3) is 0 Å². The molecule has 3 aliphatic rings. The second-order valence-electron chi connectivity index (χ2n) is 6.55. The summed E-state index contributed by atoms with van der Waals surface area (Å²) in [6, 6.07) is 0. The van der Waals surface area contributed by atoms with E-state index in [0.717, 1.165) is 44.8 Å². The van der Waals surface area contributed by atoms with Gasteiger partial charge in [0.05, 0.1) is 0 Å². The van der Waals surface area contributed by atoms with E-state index in [0.29, 0.717) is 5.92 Å². The summed E-state index contributed by atoms with van der Waals surface area (Å²) < 4.78 is 0. The summed E-state index contributed by atoms with van der Waals surface area (Å²) in [7, 11) is 0. The molecule has 1 atom stereocenters. The maximum absolute atomic E-state index is 12.1. The molecule has 1 amide bonds. The van der Waals surface area contributed by atoms with Crippen LogP contribution < -0.4 is 5.32 Å². The van der Waals surface area contributed by atoms with Gasteiger partial charge in [-0.05, 0) is 43.9 Å². The third-order valence-corrected chi connectivity index (χ3v) is 4.63. The number of likely N-dealkylation sites (tertiary alicyclic amines) is 1. The van der Waals surface area contributed by atoms with Gasteiger partial charge in [0.2, 0.25) is 5.91 Å². The predicted molar refractivity (Wildman–Crippen MR) is 80.4 cm³/mol. The number of piperidine rings is 1. The molecule has 2 fully saturated rings. The van der Waals surface area contributed by atoms with Crippen LogP contribution in [0.2, 0.25) is 0 Å². The first-order valence-electron chi connectivity index (χ1n) is 7.97. The van der Waals surface area contributed by atoms with Crippen molar-refractivity contribution in [2.75, 3.05) is 19.6 Å². The molecular formula is C16H25N3O. The smallest absolute Gasteiger partial charge is 0.223 e. The summed E-state index contributed by atoms with van der Waals surface area (Å²) in [6.45, 7) is 5.09. The van der Waals surface area contributed by atoms with Crippen molar-refractivity contribution >= 4 is 12.1 Å². The molecule has 0 aromatic carbocycles. The molecule has 20 heavy (non-hydrogen) atoms. The number of hydrogen-bond donors (Lipinski definition) is 1. The van der Waals surface area contributed by atoms with Gasteiger partial charge in [-0.15, -0.1) is 0 Å². The molecule has 0 radical (unpaired) electrons. The van der Waals surface area contributed by atoms with E-state index in [9.17, 15) is 4.79 Å². The van der Waals surface area contributed by atoms with E-state index in [4.69, 9.17) is 0 Å². The summed E-state index contributed by atoms with van der Waals surface area (Å²) in [6.07, 6.45) is 9.64. The van der Waals surface area contributed by atoms with Crippen molar-refractivity contribution in [3.63, 3.8) is 0 Å². The second-order valence-corrected chi connectivity index (χ2v) is 6.55. The Morgan fingerprint density at radius 2 is 2.10 bits per heavy atom. The van der Waals surface area contributed by atoms with Crippen LogP contribution in [0.4, 0.5) is 0 Å². The van der Waals surface area contributed by atoms with Gasteiger partial charge in [0, 0.05) is 43.7 Å². The maximum atomic E-state index is 12.1. The Hall–Kier alpha value is -1.32. The average molecular weight is 275 g/mol. The molecule has 2 aliphatic heterocycles. The standard InChI is InChI=1S/C16H25N3O/c1-12-8-15(11-17-9-12)19-6-4-14(5-7-19)16(20)18-10-13-2-3-13/h9,11-14H,2-8,10H2,1H3,(H,18,20). The lowest BCUT2D eigenvalue weighted by Crippen LogP contribution is -2.41. The van der Waals surface area contributed by atoms with Crippen molar-refractivity contribution in [1.82, 2.24) is 10.2 Å². The molecule has 0 aromatic rings. The molecule has 1 unspecified atom stereocenters. The average Bonchev–Trinajstić information content (AvgIpc) is 3.29. The Morgan fingerprint density at radius 3 is 2.75 bits per heavy atom. The molecule has 0 aromatic heterocycles. The van der Waals surface area contributed by atoms with Crippen molar-refractivity contribution in [3.8, 4) is 0 Å². The van der Waals surface area contributed by atoms with E-state index in [2.05, 4.69) is 22.1 Å². The minimum Gasteiger partial charge on any atom is -0.374 e. The summed E-state index contributed by atoms with van der Waals surface area (Å²) >= 11 is 0. The third kappa shape index (κ3) is 3.41. The van der Waals surface area contributed by atoms with Crippen LogP contribution in [0, 0.1) is 17.8 Å². The van der Waals surface area contributed by atoms with Gasteiger partial charge >= 0.3 is 0 Å². The number of carbonyl (C=O) groups excluding carboxylic acids is 1. The fraction of sp³-hybridized carbons (Fsp3) is 0.750. The highest BCUT2D eigenvalue weighted by atomic mass is 16.1. The zero-order chi connectivity index (χ0) is 13.9. The molecule has 4 nitrogen and oxygen atoms in total. The molecule has 110 valence electrons. The first kappa shape index (κ1) is 13.7. The lowest BCUT2D eigenvalue weighted by Gasteiger charge is -2.35. The van der Waals surface area contributed by atoms with Crippen molar-refractivity contribution in [1.29, 1.82) is 0 Å². The third-order valence-electron chi connectivity index (χ3n) is 4.63. The Bertz CT molecular complexity index is 417. The number of amides is 1. The first-order valence-corrected chi connectivity index (χ1v) is 7.97. The van der Waals surface area contributed by atoms with Crippen LogP contribution in [-0.4, -0.2) is 36.7 Å². The molecule has 3 rings (SSSR count). The summed E-state index contributed by atoms with van der Waals surface area (Å²) in [5.41, 5.74) is 1.34. The van der Waals surface area contributed by atoms with Crippen LogP contribution >= 0.6 is 0 Å². The van der Waals surface area contributed by atoms with E-state index in [-0.39, 0.29) is 11.8 Å². The molecule has 1 aliphatic carbocycles. The number of nitrogens with zero attached hydrogens (tertiary/aromatic N) is 2. The fourth-order valence-corrected chi connectivity index (χ4v) is 3.06. The summed E-state index contributed by atoms with van der Waals surface area (Å²) in [5.74, 6) is 1.80. The fourth-order valence-electron chi connectivity index (χ4n) is 3.06. The van der Waals surface area contributed by atoms with Gasteiger partial charge in [-0.3, -0.25) is 9.79 Å². The van der Waals surface area contributed by atoms with E-state index in [1.165, 1.54) is 18.5 Å². The van der Waals surface area contributed by atoms with Gasteiger partial charge in [-0.2, -0.15) is 0 Å². The highest BCUT2D eigenvalue weighted by Crippen LogP contribution is 2.28. The Balaban J connectivity index is 1.45. The number of hydrogen-bond acceptors (Lipinski definition) is 3. The van der Waals surface area contributed by atoms with Gasteiger partial charge in [-0.1, -0.05) is 6.92 Å². The van der Waals surface area contributed by atoms with E-state index in [1.54, 1.807) is 0 Å². The zero-order valence-corrected chi connectivity index (χ0v) is 12.3. The lowest BCUT2D eigenvalue weighted by atomic mass is 9.94. The Morgan fingerprint density at radius 1 is 1.35 bits per heavy atom. The van der Waals surface area contributed by atoms with Gasteiger partial charge in [-0.25, -0.2) is 0 Å². The summed E-state index contributed by atoms with van der Waals surface area (Å²) in [5, 5.41) is 3.12. The SMILES string of the molecule is CC1C=NC=C(N2CCC(C(=O)NCC3CC3)CC2)C1. The first-order chi connectivity index (χ1) is 9.72. The van der Waals surface area contributed by atoms with E-state index < -0.39 is 0 Å².